The number of nitrogens with one attached hydrogen (secondary N) is 1. The second kappa shape index (κ2) is 7.03. The Morgan fingerprint density at radius 2 is 1.81 bits per heavy atom. The molecule has 0 bridgehead atoms. The predicted molar refractivity (Wildman–Crippen MR) is 107 cm³/mol. The lowest BCUT2D eigenvalue weighted by Crippen LogP contribution is -2.13. The molecule has 2 heterocycles. The number of tetrazole rings is 1. The summed E-state index contributed by atoms with van der Waals surface area (Å²) in [6.07, 6.45) is 0. The van der Waals surface area contributed by atoms with E-state index in [1.54, 1.807) is 4.68 Å². The van der Waals surface area contributed by atoms with Crippen molar-refractivity contribution in [3.05, 3.63) is 65.7 Å². The van der Waals surface area contributed by atoms with Crippen LogP contribution in [0.3, 0.4) is 0 Å². The van der Waals surface area contributed by atoms with Gasteiger partial charge >= 0.3 is 0 Å². The number of aryl methyl sites for hydroxylation is 1. The van der Waals surface area contributed by atoms with Crippen LogP contribution >= 0.6 is 0 Å². The van der Waals surface area contributed by atoms with Gasteiger partial charge in [-0.25, -0.2) is 4.98 Å². The Kier molecular flexibility index (Phi) is 4.42. The van der Waals surface area contributed by atoms with E-state index < -0.39 is 0 Å². The summed E-state index contributed by atoms with van der Waals surface area (Å²) in [5.41, 5.74) is 4.23. The molecule has 4 aromatic rings. The van der Waals surface area contributed by atoms with Gasteiger partial charge in [0.1, 0.15) is 5.82 Å². The van der Waals surface area contributed by atoms with Gasteiger partial charge in [0, 0.05) is 26.0 Å². The lowest BCUT2D eigenvalue weighted by molar-refractivity contribution is 0.789. The second-order valence-electron chi connectivity index (χ2n) is 6.65. The number of hydrogen-bond acceptors (Lipinski definition) is 6. The first-order valence-electron chi connectivity index (χ1n) is 8.77. The van der Waals surface area contributed by atoms with Crippen molar-refractivity contribution in [3.63, 3.8) is 0 Å². The van der Waals surface area contributed by atoms with Gasteiger partial charge in [0.25, 0.3) is 0 Å². The van der Waals surface area contributed by atoms with Crippen LogP contribution in [0.25, 0.3) is 16.6 Å². The van der Waals surface area contributed by atoms with Crippen molar-refractivity contribution < 1.29 is 0 Å². The average molecular weight is 359 g/mol. The molecule has 0 fully saturated rings. The maximum absolute atomic E-state index is 4.71. The van der Waals surface area contributed by atoms with Crippen LogP contribution in [0, 0.1) is 6.92 Å². The zero-order chi connectivity index (χ0) is 18.8. The number of benzene rings is 2. The number of pyridine rings is 1. The fourth-order valence-electron chi connectivity index (χ4n) is 2.94. The van der Waals surface area contributed by atoms with Crippen molar-refractivity contribution >= 4 is 22.7 Å². The van der Waals surface area contributed by atoms with Crippen molar-refractivity contribution in [3.8, 4) is 5.69 Å². The van der Waals surface area contributed by atoms with Crippen LogP contribution in [0.2, 0.25) is 0 Å². The van der Waals surface area contributed by atoms with E-state index >= 15 is 0 Å². The topological polar surface area (TPSA) is 71.8 Å². The summed E-state index contributed by atoms with van der Waals surface area (Å²) >= 11 is 0. The fourth-order valence-corrected chi connectivity index (χ4v) is 2.94. The Hall–Kier alpha value is -3.48. The highest BCUT2D eigenvalue weighted by atomic mass is 15.6. The van der Waals surface area contributed by atoms with Crippen LogP contribution in [-0.2, 0) is 6.54 Å². The average Bonchev–Trinajstić information content (AvgIpc) is 3.15. The molecule has 0 spiro atoms. The first-order chi connectivity index (χ1) is 13.1. The molecule has 136 valence electrons. The molecule has 27 heavy (non-hydrogen) atoms. The number of fused-ring (bicyclic) bond motifs is 1. The summed E-state index contributed by atoms with van der Waals surface area (Å²) in [7, 11) is 3.98. The fraction of sp³-hybridized carbons (Fsp3) is 0.200. The first-order valence-corrected chi connectivity index (χ1v) is 8.77. The van der Waals surface area contributed by atoms with E-state index in [0.29, 0.717) is 12.5 Å². The molecular weight excluding hydrogens is 338 g/mol. The Bertz CT molecular complexity index is 1070. The molecule has 0 saturated heterocycles. The maximum atomic E-state index is 4.71. The van der Waals surface area contributed by atoms with Gasteiger partial charge in [-0.3, -0.25) is 0 Å². The summed E-state index contributed by atoms with van der Waals surface area (Å²) in [6.45, 7) is 2.65. The van der Waals surface area contributed by atoms with Crippen molar-refractivity contribution in [2.75, 3.05) is 24.3 Å². The molecule has 0 aliphatic rings. The van der Waals surface area contributed by atoms with Gasteiger partial charge in [-0.2, -0.15) is 4.68 Å². The molecule has 4 rings (SSSR count). The number of para-hydroxylation sites is 1. The van der Waals surface area contributed by atoms with Gasteiger partial charge < -0.3 is 10.2 Å². The molecule has 0 aliphatic carbocycles. The molecule has 0 amide bonds. The minimum atomic E-state index is 0.593. The molecule has 7 nitrogen and oxygen atoms in total. The van der Waals surface area contributed by atoms with Crippen LogP contribution in [0.1, 0.15) is 11.1 Å². The number of hydrogen-bond donors (Lipinski definition) is 1. The summed E-state index contributed by atoms with van der Waals surface area (Å²) in [5, 5.41) is 16.5. The molecule has 0 saturated carbocycles. The van der Waals surface area contributed by atoms with E-state index in [4.69, 9.17) is 4.98 Å². The van der Waals surface area contributed by atoms with Crippen LogP contribution in [0.5, 0.6) is 0 Å². The minimum absolute atomic E-state index is 0.593. The molecule has 0 radical (unpaired) electrons. The molecular formula is C20H21N7. The predicted octanol–water partition coefficient (Wildman–Crippen LogP) is 3.20. The minimum Gasteiger partial charge on any atom is -0.363 e. The SMILES string of the molecule is Cc1ccc(-n2nnnc2NCc2cc(N(C)C)nc3ccccc23)cc1. The van der Waals surface area contributed by atoms with Crippen molar-refractivity contribution in [1.29, 1.82) is 0 Å². The van der Waals surface area contributed by atoms with E-state index in [1.807, 2.05) is 61.5 Å². The molecule has 7 heteroatoms. The number of aromatic nitrogens is 5. The van der Waals surface area contributed by atoms with Gasteiger partial charge in [0.2, 0.25) is 5.95 Å². The quantitative estimate of drug-likeness (QED) is 0.590. The largest absolute Gasteiger partial charge is 0.363 e. The Balaban J connectivity index is 1.65. The summed E-state index contributed by atoms with van der Waals surface area (Å²) in [5.74, 6) is 1.52. The summed E-state index contributed by atoms with van der Waals surface area (Å²) < 4.78 is 1.70. The van der Waals surface area contributed by atoms with Crippen LogP contribution in [0.4, 0.5) is 11.8 Å². The molecule has 2 aromatic heterocycles. The number of nitrogens with zero attached hydrogens (tertiary/aromatic N) is 6. The van der Waals surface area contributed by atoms with Crippen molar-refractivity contribution in [2.24, 2.45) is 0 Å². The van der Waals surface area contributed by atoms with Crippen LogP contribution in [0.15, 0.2) is 54.6 Å². The number of anilines is 2. The molecule has 2 aromatic carbocycles. The van der Waals surface area contributed by atoms with Crippen molar-refractivity contribution in [1.82, 2.24) is 25.2 Å². The van der Waals surface area contributed by atoms with Gasteiger partial charge in [0.05, 0.1) is 11.2 Å². The third-order valence-corrected chi connectivity index (χ3v) is 4.43. The highest BCUT2D eigenvalue weighted by Gasteiger charge is 2.11. The van der Waals surface area contributed by atoms with Crippen molar-refractivity contribution in [2.45, 2.75) is 13.5 Å². The maximum Gasteiger partial charge on any atom is 0.248 e. The van der Waals surface area contributed by atoms with E-state index in [9.17, 15) is 0 Å². The normalized spacial score (nSPS) is 10.9. The standard InChI is InChI=1S/C20H21N7/c1-14-8-10-16(11-9-14)27-20(23-24-25-27)21-13-15-12-19(26(2)3)22-18-7-5-4-6-17(15)18/h4-12H,13H2,1-3H3,(H,21,23,25). The smallest absolute Gasteiger partial charge is 0.248 e. The summed E-state index contributed by atoms with van der Waals surface area (Å²) in [4.78, 5) is 6.71. The Labute approximate surface area is 157 Å². The molecule has 1 N–H and O–H groups in total. The summed E-state index contributed by atoms with van der Waals surface area (Å²) in [6, 6.07) is 18.3. The second-order valence-corrected chi connectivity index (χ2v) is 6.65. The Morgan fingerprint density at radius 1 is 1.04 bits per heavy atom. The highest BCUT2D eigenvalue weighted by molar-refractivity contribution is 5.84. The zero-order valence-electron chi connectivity index (χ0n) is 15.6. The third kappa shape index (κ3) is 3.44. The molecule has 0 atom stereocenters. The van der Waals surface area contributed by atoms with E-state index in [1.165, 1.54) is 5.56 Å². The number of rotatable bonds is 5. The van der Waals surface area contributed by atoms with E-state index in [-0.39, 0.29) is 0 Å². The third-order valence-electron chi connectivity index (χ3n) is 4.43. The van der Waals surface area contributed by atoms with Crippen LogP contribution < -0.4 is 10.2 Å². The van der Waals surface area contributed by atoms with Gasteiger partial charge in [-0.15, -0.1) is 0 Å². The highest BCUT2D eigenvalue weighted by Crippen LogP contribution is 2.23. The van der Waals surface area contributed by atoms with Gasteiger partial charge in [-0.05, 0) is 47.2 Å². The molecule has 0 aliphatic heterocycles. The lowest BCUT2D eigenvalue weighted by Gasteiger charge is -2.15. The Morgan fingerprint density at radius 3 is 2.59 bits per heavy atom. The zero-order valence-corrected chi connectivity index (χ0v) is 15.6. The van der Waals surface area contributed by atoms with E-state index in [0.717, 1.165) is 28.0 Å². The monoisotopic (exact) mass is 359 g/mol. The van der Waals surface area contributed by atoms with Crippen LogP contribution in [-0.4, -0.2) is 39.3 Å². The lowest BCUT2D eigenvalue weighted by atomic mass is 10.1. The first kappa shape index (κ1) is 17.0. The van der Waals surface area contributed by atoms with Gasteiger partial charge in [0.15, 0.2) is 0 Å². The van der Waals surface area contributed by atoms with E-state index in [2.05, 4.69) is 39.9 Å². The molecule has 0 unspecified atom stereocenters. The van der Waals surface area contributed by atoms with Gasteiger partial charge in [-0.1, -0.05) is 41.0 Å².